The Balaban J connectivity index is 2.33. The molecule has 0 spiro atoms. The van der Waals surface area contributed by atoms with Gasteiger partial charge in [0.1, 0.15) is 4.88 Å². The molecule has 0 aliphatic heterocycles. The van der Waals surface area contributed by atoms with E-state index in [2.05, 4.69) is 11.2 Å². The Morgan fingerprint density at radius 3 is 3.05 bits per heavy atom. The minimum atomic E-state index is -0.197. The molecule has 3 N–H and O–H groups in total. The van der Waals surface area contributed by atoms with Crippen LogP contribution in [-0.2, 0) is 0 Å². The summed E-state index contributed by atoms with van der Waals surface area (Å²) in [6.45, 7) is 1.86. The lowest BCUT2D eigenvalue weighted by atomic mass is 10.2. The number of nitrogens with two attached hydrogens (primary N) is 1. The van der Waals surface area contributed by atoms with Crippen molar-refractivity contribution in [2.24, 2.45) is 0 Å². The number of hydrogen-bond donors (Lipinski definition) is 2. The monoisotopic (exact) mass is 292 g/mol. The molecule has 2 aromatic rings. The minimum absolute atomic E-state index is 0.0781. The van der Waals surface area contributed by atoms with Crippen LogP contribution in [0.5, 0.6) is 0 Å². The van der Waals surface area contributed by atoms with Gasteiger partial charge in [0.05, 0.1) is 5.69 Å². The van der Waals surface area contributed by atoms with Crippen LogP contribution in [0, 0.1) is 12.3 Å². The van der Waals surface area contributed by atoms with E-state index in [1.165, 1.54) is 11.3 Å². The normalized spacial score (nSPS) is 12.1. The van der Waals surface area contributed by atoms with Gasteiger partial charge in [-0.1, -0.05) is 11.6 Å². The third-order valence-corrected chi connectivity index (χ3v) is 4.12. The third kappa shape index (κ3) is 2.83. The molecule has 0 aliphatic carbocycles. The molecular weight excluding hydrogens is 280 g/mol. The Bertz CT molecular complexity index is 672. The number of nitrogens with one attached hydrogen (secondary N) is 1. The smallest absolute Gasteiger partial charge is 0.263 e. The second kappa shape index (κ2) is 5.52. The van der Waals surface area contributed by atoms with Gasteiger partial charge in [-0.2, -0.15) is 0 Å². The molecule has 5 heteroatoms. The molecule has 3 nitrogen and oxygen atoms in total. The van der Waals surface area contributed by atoms with Gasteiger partial charge in [0, 0.05) is 27.6 Å². The number of fused-ring (bicyclic) bond motifs is 1. The molecule has 19 heavy (non-hydrogen) atoms. The number of anilines is 1. The van der Waals surface area contributed by atoms with Crippen LogP contribution in [0.15, 0.2) is 18.2 Å². The molecule has 0 saturated heterocycles. The number of carbonyl (C=O) groups excluding carboxylic acids is 1. The van der Waals surface area contributed by atoms with Crippen molar-refractivity contribution >= 4 is 44.6 Å². The highest BCUT2D eigenvalue weighted by Crippen LogP contribution is 2.35. The van der Waals surface area contributed by atoms with Gasteiger partial charge in [0.15, 0.2) is 0 Å². The Morgan fingerprint density at radius 1 is 1.63 bits per heavy atom. The molecule has 0 aliphatic rings. The minimum Gasteiger partial charge on any atom is -0.397 e. The highest BCUT2D eigenvalue weighted by atomic mass is 35.5. The molecule has 0 radical (unpaired) electrons. The zero-order valence-corrected chi connectivity index (χ0v) is 11.9. The average Bonchev–Trinajstić information content (AvgIpc) is 2.67. The first kappa shape index (κ1) is 13.7. The van der Waals surface area contributed by atoms with Crippen LogP contribution >= 0.6 is 22.9 Å². The summed E-state index contributed by atoms with van der Waals surface area (Å²) in [4.78, 5) is 12.6. The Kier molecular flexibility index (Phi) is 3.98. The Labute approximate surface area is 120 Å². The van der Waals surface area contributed by atoms with Crippen LogP contribution in [-0.4, -0.2) is 11.9 Å². The van der Waals surface area contributed by atoms with E-state index in [0.717, 1.165) is 10.1 Å². The molecular formula is C14H13ClN2OS. The van der Waals surface area contributed by atoms with E-state index in [1.807, 2.05) is 13.0 Å². The van der Waals surface area contributed by atoms with Gasteiger partial charge in [-0.05, 0) is 25.1 Å². The van der Waals surface area contributed by atoms with E-state index < -0.39 is 0 Å². The lowest BCUT2D eigenvalue weighted by molar-refractivity contribution is 0.0946. The highest BCUT2D eigenvalue weighted by molar-refractivity contribution is 7.21. The van der Waals surface area contributed by atoms with Gasteiger partial charge in [0.25, 0.3) is 5.91 Å². The van der Waals surface area contributed by atoms with Crippen LogP contribution in [0.25, 0.3) is 10.1 Å². The molecule has 1 amide bonds. The lowest BCUT2D eigenvalue weighted by Gasteiger charge is -2.09. The number of nitrogen functional groups attached to an aromatic ring is 1. The predicted octanol–water partition coefficient (Wildman–Crippen LogP) is 3.28. The van der Waals surface area contributed by atoms with Crippen LogP contribution in [0.4, 0.5) is 5.69 Å². The van der Waals surface area contributed by atoms with Crippen LogP contribution in [0.2, 0.25) is 5.02 Å². The van der Waals surface area contributed by atoms with E-state index in [9.17, 15) is 4.79 Å². The molecule has 2 rings (SSSR count). The van der Waals surface area contributed by atoms with E-state index >= 15 is 0 Å². The van der Waals surface area contributed by atoms with Crippen molar-refractivity contribution < 1.29 is 4.79 Å². The fourth-order valence-electron chi connectivity index (χ4n) is 1.77. The second-order valence-electron chi connectivity index (χ2n) is 4.27. The van der Waals surface area contributed by atoms with E-state index in [4.69, 9.17) is 23.8 Å². The van der Waals surface area contributed by atoms with Crippen molar-refractivity contribution in [3.05, 3.63) is 28.1 Å². The number of rotatable bonds is 3. The number of amides is 1. The largest absolute Gasteiger partial charge is 0.397 e. The second-order valence-corrected chi connectivity index (χ2v) is 5.76. The quantitative estimate of drug-likeness (QED) is 0.853. The summed E-state index contributed by atoms with van der Waals surface area (Å²) in [6, 6.07) is 5.33. The van der Waals surface area contributed by atoms with Crippen molar-refractivity contribution in [2.75, 3.05) is 5.73 Å². The molecule has 0 bridgehead atoms. The lowest BCUT2D eigenvalue weighted by Crippen LogP contribution is -2.32. The first-order chi connectivity index (χ1) is 9.02. The zero-order valence-electron chi connectivity index (χ0n) is 10.4. The molecule has 0 saturated carbocycles. The maximum absolute atomic E-state index is 12.1. The van der Waals surface area contributed by atoms with Crippen molar-refractivity contribution in [3.63, 3.8) is 0 Å². The SMILES string of the molecule is C#CCC(C)NC(=O)c1sc2ccc(Cl)cc2c1N. The number of hydrogen-bond acceptors (Lipinski definition) is 3. The van der Waals surface area contributed by atoms with Gasteiger partial charge in [-0.15, -0.1) is 23.7 Å². The van der Waals surface area contributed by atoms with Crippen molar-refractivity contribution in [1.29, 1.82) is 0 Å². The van der Waals surface area contributed by atoms with E-state index in [1.54, 1.807) is 12.1 Å². The number of halogens is 1. The summed E-state index contributed by atoms with van der Waals surface area (Å²) in [5.74, 6) is 2.32. The van der Waals surface area contributed by atoms with Gasteiger partial charge < -0.3 is 11.1 Å². The van der Waals surface area contributed by atoms with Gasteiger partial charge in [-0.25, -0.2) is 0 Å². The van der Waals surface area contributed by atoms with Crippen molar-refractivity contribution in [3.8, 4) is 12.3 Å². The molecule has 1 aromatic heterocycles. The Hall–Kier alpha value is -1.70. The average molecular weight is 293 g/mol. The first-order valence-electron chi connectivity index (χ1n) is 5.74. The van der Waals surface area contributed by atoms with Gasteiger partial charge in [0.2, 0.25) is 0 Å². The summed E-state index contributed by atoms with van der Waals surface area (Å²) in [5.41, 5.74) is 6.47. The van der Waals surface area contributed by atoms with Crippen LogP contribution in [0.3, 0.4) is 0 Å². The Morgan fingerprint density at radius 2 is 2.37 bits per heavy atom. The predicted molar refractivity (Wildman–Crippen MR) is 81.6 cm³/mol. The molecule has 1 unspecified atom stereocenters. The summed E-state index contributed by atoms with van der Waals surface area (Å²) >= 11 is 7.28. The van der Waals surface area contributed by atoms with E-state index in [-0.39, 0.29) is 11.9 Å². The number of terminal acetylenes is 1. The van der Waals surface area contributed by atoms with Crippen molar-refractivity contribution in [2.45, 2.75) is 19.4 Å². The standard InChI is InChI=1S/C14H13ClN2OS/c1-3-4-8(2)17-14(18)13-12(16)10-7-9(15)5-6-11(10)19-13/h1,5-8H,4,16H2,2H3,(H,17,18). The number of carbonyl (C=O) groups is 1. The van der Waals surface area contributed by atoms with Crippen LogP contribution in [0.1, 0.15) is 23.0 Å². The van der Waals surface area contributed by atoms with Crippen LogP contribution < -0.4 is 11.1 Å². The molecule has 98 valence electrons. The summed E-state index contributed by atoms with van der Waals surface area (Å²) in [6.07, 6.45) is 5.70. The molecule has 1 heterocycles. The van der Waals surface area contributed by atoms with Crippen molar-refractivity contribution in [1.82, 2.24) is 5.32 Å². The summed E-state index contributed by atoms with van der Waals surface area (Å²) in [7, 11) is 0. The van der Waals surface area contributed by atoms with E-state index in [0.29, 0.717) is 22.0 Å². The topological polar surface area (TPSA) is 55.1 Å². The van der Waals surface area contributed by atoms with Gasteiger partial charge in [-0.3, -0.25) is 4.79 Å². The maximum atomic E-state index is 12.1. The molecule has 0 fully saturated rings. The fraction of sp³-hybridized carbons (Fsp3) is 0.214. The molecule has 1 atom stereocenters. The fourth-order valence-corrected chi connectivity index (χ4v) is 2.95. The maximum Gasteiger partial charge on any atom is 0.263 e. The number of thiophene rings is 1. The van der Waals surface area contributed by atoms with Gasteiger partial charge >= 0.3 is 0 Å². The highest BCUT2D eigenvalue weighted by Gasteiger charge is 2.17. The number of benzene rings is 1. The third-order valence-electron chi connectivity index (χ3n) is 2.70. The first-order valence-corrected chi connectivity index (χ1v) is 6.94. The zero-order chi connectivity index (χ0) is 14.0. The summed E-state index contributed by atoms with van der Waals surface area (Å²) < 4.78 is 0.941. The summed E-state index contributed by atoms with van der Waals surface area (Å²) in [5, 5.41) is 4.24. The molecule has 1 aromatic carbocycles.